The monoisotopic (exact) mass is 289 g/mol. The maximum atomic E-state index is 5.37. The molecule has 21 heavy (non-hydrogen) atoms. The van der Waals surface area contributed by atoms with Crippen LogP contribution in [0, 0.1) is 0 Å². The zero-order valence-electron chi connectivity index (χ0n) is 12.3. The quantitative estimate of drug-likeness (QED) is 0.904. The van der Waals surface area contributed by atoms with Crippen molar-refractivity contribution in [3.63, 3.8) is 0 Å². The first-order valence-corrected chi connectivity index (χ1v) is 7.04. The summed E-state index contributed by atoms with van der Waals surface area (Å²) in [5, 5.41) is 7.37. The van der Waals surface area contributed by atoms with Crippen LogP contribution < -0.4 is 14.8 Å². The van der Waals surface area contributed by atoms with Crippen LogP contribution in [0.25, 0.3) is 0 Å². The molecule has 0 aliphatic carbocycles. The molecule has 6 heteroatoms. The largest absolute Gasteiger partial charge is 0.493 e. The van der Waals surface area contributed by atoms with Crippen LogP contribution in [0.2, 0.25) is 0 Å². The molecular formula is C15H19N3O3. The maximum absolute atomic E-state index is 5.37. The van der Waals surface area contributed by atoms with Crippen molar-refractivity contribution in [3.8, 4) is 11.5 Å². The third-order valence-corrected chi connectivity index (χ3v) is 3.70. The van der Waals surface area contributed by atoms with Crippen LogP contribution >= 0.6 is 0 Å². The predicted octanol–water partition coefficient (Wildman–Crippen LogP) is 1.75. The van der Waals surface area contributed by atoms with Gasteiger partial charge in [-0.3, -0.25) is 0 Å². The summed E-state index contributed by atoms with van der Waals surface area (Å²) >= 11 is 0. The Morgan fingerprint density at radius 2 is 2.14 bits per heavy atom. The fourth-order valence-corrected chi connectivity index (χ4v) is 2.54. The Morgan fingerprint density at radius 3 is 2.86 bits per heavy atom. The van der Waals surface area contributed by atoms with Gasteiger partial charge in [0, 0.05) is 13.0 Å². The number of ether oxygens (including phenoxy) is 2. The molecule has 2 aromatic rings. The fourth-order valence-electron chi connectivity index (χ4n) is 2.54. The normalized spacial score (nSPS) is 17.9. The van der Waals surface area contributed by atoms with E-state index >= 15 is 0 Å². The molecule has 2 heterocycles. The number of nitrogens with zero attached hydrogens (tertiary/aromatic N) is 2. The lowest BCUT2D eigenvalue weighted by Gasteiger charge is -2.08. The third kappa shape index (κ3) is 3.00. The second-order valence-electron chi connectivity index (χ2n) is 5.10. The van der Waals surface area contributed by atoms with E-state index in [4.69, 9.17) is 14.0 Å². The highest BCUT2D eigenvalue weighted by atomic mass is 16.5. The Kier molecular flexibility index (Phi) is 4.06. The van der Waals surface area contributed by atoms with Gasteiger partial charge in [0.2, 0.25) is 5.89 Å². The molecule has 1 atom stereocenters. The lowest BCUT2D eigenvalue weighted by atomic mass is 10.1. The van der Waals surface area contributed by atoms with Crippen LogP contribution in [0.15, 0.2) is 22.7 Å². The Bertz CT molecular complexity index is 606. The Hall–Kier alpha value is -2.08. The van der Waals surface area contributed by atoms with Crippen LogP contribution in [-0.2, 0) is 6.42 Å². The number of rotatable bonds is 5. The van der Waals surface area contributed by atoms with Gasteiger partial charge in [0.25, 0.3) is 0 Å². The van der Waals surface area contributed by atoms with Crippen molar-refractivity contribution in [2.75, 3.05) is 27.3 Å². The molecule has 1 saturated heterocycles. The number of benzene rings is 1. The van der Waals surface area contributed by atoms with Crippen LogP contribution in [0.1, 0.15) is 29.6 Å². The number of hydrogen-bond donors (Lipinski definition) is 1. The van der Waals surface area contributed by atoms with Gasteiger partial charge < -0.3 is 19.3 Å². The molecule has 0 bridgehead atoms. The molecule has 1 aromatic carbocycles. The van der Waals surface area contributed by atoms with Crippen molar-refractivity contribution in [1.29, 1.82) is 0 Å². The van der Waals surface area contributed by atoms with Crippen molar-refractivity contribution in [1.82, 2.24) is 15.5 Å². The summed E-state index contributed by atoms with van der Waals surface area (Å²) in [6.45, 7) is 1.93. The first-order chi connectivity index (χ1) is 10.3. The Balaban J connectivity index is 1.74. The standard InChI is InChI=1S/C15H19N3O3/c1-19-12-4-3-10(7-13(12)20-2)8-14-17-15(21-18-14)11-5-6-16-9-11/h3-4,7,11,16H,5-6,8-9H2,1-2H3/t11-/m1/s1. The van der Waals surface area contributed by atoms with Gasteiger partial charge in [0.1, 0.15) is 0 Å². The van der Waals surface area contributed by atoms with E-state index in [0.29, 0.717) is 29.7 Å². The molecular weight excluding hydrogens is 270 g/mol. The summed E-state index contributed by atoms with van der Waals surface area (Å²) in [7, 11) is 3.25. The molecule has 112 valence electrons. The molecule has 0 amide bonds. The van der Waals surface area contributed by atoms with Gasteiger partial charge in [-0.25, -0.2) is 0 Å². The smallest absolute Gasteiger partial charge is 0.231 e. The molecule has 3 rings (SSSR count). The number of aromatic nitrogens is 2. The van der Waals surface area contributed by atoms with E-state index in [1.807, 2.05) is 18.2 Å². The minimum atomic E-state index is 0.344. The molecule has 1 aliphatic rings. The van der Waals surface area contributed by atoms with Gasteiger partial charge in [0.05, 0.1) is 20.1 Å². The summed E-state index contributed by atoms with van der Waals surface area (Å²) in [4.78, 5) is 4.50. The molecule has 0 saturated carbocycles. The van der Waals surface area contributed by atoms with E-state index < -0.39 is 0 Å². The first-order valence-electron chi connectivity index (χ1n) is 7.04. The van der Waals surface area contributed by atoms with Gasteiger partial charge in [-0.1, -0.05) is 11.2 Å². The fraction of sp³-hybridized carbons (Fsp3) is 0.467. The Labute approximate surface area is 123 Å². The van der Waals surface area contributed by atoms with E-state index in [2.05, 4.69) is 15.5 Å². The molecule has 6 nitrogen and oxygen atoms in total. The second kappa shape index (κ2) is 6.13. The summed E-state index contributed by atoms with van der Waals surface area (Å²) in [6.07, 6.45) is 1.67. The van der Waals surface area contributed by atoms with Crippen molar-refractivity contribution >= 4 is 0 Å². The van der Waals surface area contributed by atoms with E-state index in [0.717, 1.165) is 31.0 Å². The molecule has 1 N–H and O–H groups in total. The average Bonchev–Trinajstić information content (AvgIpc) is 3.17. The van der Waals surface area contributed by atoms with Gasteiger partial charge in [-0.05, 0) is 30.7 Å². The third-order valence-electron chi connectivity index (χ3n) is 3.70. The van der Waals surface area contributed by atoms with Crippen LogP contribution in [-0.4, -0.2) is 37.4 Å². The highest BCUT2D eigenvalue weighted by molar-refractivity contribution is 5.43. The van der Waals surface area contributed by atoms with Crippen LogP contribution in [0.3, 0.4) is 0 Å². The zero-order valence-corrected chi connectivity index (χ0v) is 12.3. The van der Waals surface area contributed by atoms with Crippen LogP contribution in [0.4, 0.5) is 0 Å². The minimum Gasteiger partial charge on any atom is -0.493 e. The highest BCUT2D eigenvalue weighted by Crippen LogP contribution is 2.28. The van der Waals surface area contributed by atoms with Gasteiger partial charge in [-0.15, -0.1) is 0 Å². The van der Waals surface area contributed by atoms with E-state index in [1.54, 1.807) is 14.2 Å². The molecule has 0 radical (unpaired) electrons. The van der Waals surface area contributed by atoms with Crippen LogP contribution in [0.5, 0.6) is 11.5 Å². The summed E-state index contributed by atoms with van der Waals surface area (Å²) in [5.41, 5.74) is 1.06. The molecule has 1 aromatic heterocycles. The van der Waals surface area contributed by atoms with Crippen molar-refractivity contribution < 1.29 is 14.0 Å². The first kappa shape index (κ1) is 13.9. The topological polar surface area (TPSA) is 69.4 Å². The van der Waals surface area contributed by atoms with E-state index in [1.165, 1.54) is 0 Å². The number of methoxy groups -OCH3 is 2. The van der Waals surface area contributed by atoms with Crippen molar-refractivity contribution in [2.45, 2.75) is 18.8 Å². The lowest BCUT2D eigenvalue weighted by molar-refractivity contribution is 0.353. The summed E-state index contributed by atoms with van der Waals surface area (Å²) < 4.78 is 15.9. The minimum absolute atomic E-state index is 0.344. The van der Waals surface area contributed by atoms with E-state index in [-0.39, 0.29) is 0 Å². The van der Waals surface area contributed by atoms with Gasteiger partial charge in [-0.2, -0.15) is 4.98 Å². The molecule has 1 aliphatic heterocycles. The predicted molar refractivity (Wildman–Crippen MR) is 76.9 cm³/mol. The lowest BCUT2D eigenvalue weighted by Crippen LogP contribution is -2.08. The van der Waals surface area contributed by atoms with E-state index in [9.17, 15) is 0 Å². The maximum Gasteiger partial charge on any atom is 0.231 e. The molecule has 0 spiro atoms. The zero-order chi connectivity index (χ0) is 14.7. The molecule has 1 fully saturated rings. The van der Waals surface area contributed by atoms with Crippen molar-refractivity contribution in [2.24, 2.45) is 0 Å². The summed E-state index contributed by atoms with van der Waals surface area (Å²) in [5.74, 6) is 3.20. The van der Waals surface area contributed by atoms with Gasteiger partial charge in [0.15, 0.2) is 17.3 Å². The highest BCUT2D eigenvalue weighted by Gasteiger charge is 2.22. The summed E-state index contributed by atoms with van der Waals surface area (Å²) in [6, 6.07) is 5.80. The number of nitrogens with one attached hydrogen (secondary N) is 1. The number of hydrogen-bond acceptors (Lipinski definition) is 6. The Morgan fingerprint density at radius 1 is 1.29 bits per heavy atom. The van der Waals surface area contributed by atoms with Gasteiger partial charge >= 0.3 is 0 Å². The molecule has 0 unspecified atom stereocenters. The van der Waals surface area contributed by atoms with Crippen molar-refractivity contribution in [3.05, 3.63) is 35.5 Å². The SMILES string of the molecule is COc1ccc(Cc2noc([C@@H]3CCNC3)n2)cc1OC. The second-order valence-corrected chi connectivity index (χ2v) is 5.10. The average molecular weight is 289 g/mol.